The summed E-state index contributed by atoms with van der Waals surface area (Å²) in [5, 5.41) is 0. The molecule has 0 aromatic heterocycles. The molecule has 2 rings (SSSR count). The molecule has 0 heterocycles. The molecule has 0 aliphatic rings. The summed E-state index contributed by atoms with van der Waals surface area (Å²) in [6.45, 7) is 2.26. The lowest BCUT2D eigenvalue weighted by Gasteiger charge is -2.19. The predicted molar refractivity (Wildman–Crippen MR) is 102 cm³/mol. The van der Waals surface area contributed by atoms with Crippen molar-refractivity contribution in [3.63, 3.8) is 0 Å². The second kappa shape index (κ2) is 9.10. The van der Waals surface area contributed by atoms with E-state index < -0.39 is 26.2 Å². The third-order valence-corrected chi connectivity index (χ3v) is 8.33. The van der Waals surface area contributed by atoms with Crippen LogP contribution in [-0.4, -0.2) is 26.3 Å². The van der Waals surface area contributed by atoms with E-state index in [0.717, 1.165) is 9.37 Å². The minimum Gasteiger partial charge on any atom is -0.365 e. The standard InChI is InChI=1S/C16H17BrClNO3S2/c1-2-22-16(12-18)23(15-11-7-6-10-14(15)17)19-24(20,21)13-8-4-3-5-9-13/h3-11,16H,2,12H2,1H3. The third kappa shape index (κ3) is 4.89. The van der Waals surface area contributed by atoms with Crippen molar-refractivity contribution in [1.29, 1.82) is 0 Å². The Hall–Kier alpha value is -0.730. The molecule has 0 saturated heterocycles. The van der Waals surface area contributed by atoms with Gasteiger partial charge in [-0.25, -0.2) is 0 Å². The van der Waals surface area contributed by atoms with E-state index in [1.807, 2.05) is 31.2 Å². The average Bonchev–Trinajstić information content (AvgIpc) is 2.59. The predicted octanol–water partition coefficient (Wildman–Crippen LogP) is 4.60. The summed E-state index contributed by atoms with van der Waals surface area (Å²) >= 11 is 9.49. The van der Waals surface area contributed by atoms with Gasteiger partial charge in [0.15, 0.2) is 0 Å². The molecule has 2 atom stereocenters. The third-order valence-electron chi connectivity index (χ3n) is 3.01. The Morgan fingerprint density at radius 2 is 1.79 bits per heavy atom. The van der Waals surface area contributed by atoms with Crippen LogP contribution in [0, 0.1) is 0 Å². The van der Waals surface area contributed by atoms with E-state index in [4.69, 9.17) is 16.3 Å². The maximum Gasteiger partial charge on any atom is 0.288 e. The van der Waals surface area contributed by atoms with Crippen molar-refractivity contribution in [1.82, 2.24) is 0 Å². The second-order valence-electron chi connectivity index (χ2n) is 4.65. The Morgan fingerprint density at radius 1 is 1.17 bits per heavy atom. The minimum absolute atomic E-state index is 0.145. The van der Waals surface area contributed by atoms with Crippen molar-refractivity contribution in [2.24, 2.45) is 3.77 Å². The van der Waals surface area contributed by atoms with Gasteiger partial charge in [-0.3, -0.25) is 0 Å². The van der Waals surface area contributed by atoms with Crippen molar-refractivity contribution in [2.45, 2.75) is 22.2 Å². The van der Waals surface area contributed by atoms with Gasteiger partial charge in [0.05, 0.1) is 10.8 Å². The quantitative estimate of drug-likeness (QED) is 0.579. The molecule has 0 bridgehead atoms. The van der Waals surface area contributed by atoms with Crippen molar-refractivity contribution in [3.8, 4) is 0 Å². The lowest BCUT2D eigenvalue weighted by Crippen LogP contribution is -2.22. The molecule has 0 fully saturated rings. The van der Waals surface area contributed by atoms with Gasteiger partial charge in [0.1, 0.15) is 5.44 Å². The molecule has 0 aliphatic carbocycles. The van der Waals surface area contributed by atoms with E-state index in [0.29, 0.717) is 6.61 Å². The Morgan fingerprint density at radius 3 is 2.38 bits per heavy atom. The molecule has 4 nitrogen and oxygen atoms in total. The number of sulfonamides is 1. The van der Waals surface area contributed by atoms with Crippen LogP contribution in [0.25, 0.3) is 0 Å². The highest BCUT2D eigenvalue weighted by Crippen LogP contribution is 2.27. The monoisotopic (exact) mass is 449 g/mol. The largest absolute Gasteiger partial charge is 0.365 e. The summed E-state index contributed by atoms with van der Waals surface area (Å²) in [6, 6.07) is 15.5. The Kier molecular flexibility index (Phi) is 7.43. The van der Waals surface area contributed by atoms with Gasteiger partial charge in [0, 0.05) is 16.0 Å². The molecule has 2 unspecified atom stereocenters. The highest BCUT2D eigenvalue weighted by atomic mass is 79.9. The summed E-state index contributed by atoms with van der Waals surface area (Å²) in [4.78, 5) is 0.899. The van der Waals surface area contributed by atoms with E-state index in [1.54, 1.807) is 18.2 Å². The molecular weight excluding hydrogens is 434 g/mol. The zero-order chi connectivity index (χ0) is 17.6. The van der Waals surface area contributed by atoms with Crippen LogP contribution in [-0.2, 0) is 25.5 Å². The normalized spacial score (nSPS) is 14.5. The van der Waals surface area contributed by atoms with Crippen LogP contribution in [0.3, 0.4) is 0 Å². The zero-order valence-electron chi connectivity index (χ0n) is 12.9. The Labute approximate surface area is 158 Å². The molecule has 0 N–H and O–H groups in total. The minimum atomic E-state index is -3.82. The van der Waals surface area contributed by atoms with Crippen LogP contribution >= 0.6 is 27.5 Å². The second-order valence-corrected chi connectivity index (χ2v) is 9.42. The van der Waals surface area contributed by atoms with Crippen LogP contribution in [0.2, 0.25) is 0 Å². The molecule has 0 saturated carbocycles. The van der Waals surface area contributed by atoms with Crippen molar-refractivity contribution in [2.75, 3.05) is 12.5 Å². The van der Waals surface area contributed by atoms with E-state index in [9.17, 15) is 8.42 Å². The van der Waals surface area contributed by atoms with Crippen LogP contribution in [0.4, 0.5) is 0 Å². The molecular formula is C16H17BrClNO3S2. The summed E-state index contributed by atoms with van der Waals surface area (Å²) < 4.78 is 35.9. The van der Waals surface area contributed by atoms with E-state index >= 15 is 0 Å². The van der Waals surface area contributed by atoms with Crippen LogP contribution in [0.1, 0.15) is 6.92 Å². The van der Waals surface area contributed by atoms with E-state index in [2.05, 4.69) is 19.7 Å². The van der Waals surface area contributed by atoms with Gasteiger partial charge in [-0.15, -0.1) is 15.4 Å². The number of benzene rings is 2. The average molecular weight is 451 g/mol. The molecule has 0 spiro atoms. The number of nitrogens with zero attached hydrogens (tertiary/aromatic N) is 1. The molecule has 130 valence electrons. The highest BCUT2D eigenvalue weighted by molar-refractivity contribution is 9.10. The number of rotatable bonds is 7. The van der Waals surface area contributed by atoms with E-state index in [1.165, 1.54) is 12.1 Å². The van der Waals surface area contributed by atoms with Crippen LogP contribution in [0.15, 0.2) is 72.6 Å². The van der Waals surface area contributed by atoms with E-state index in [-0.39, 0.29) is 10.8 Å². The molecule has 2 aromatic rings. The number of hydrogen-bond acceptors (Lipinski definition) is 3. The molecule has 0 amide bonds. The van der Waals surface area contributed by atoms with Gasteiger partial charge in [-0.05, 0) is 57.8 Å². The maximum absolute atomic E-state index is 12.7. The smallest absolute Gasteiger partial charge is 0.288 e. The summed E-state index contributed by atoms with van der Waals surface area (Å²) in [5.41, 5.74) is -0.520. The molecule has 0 radical (unpaired) electrons. The van der Waals surface area contributed by atoms with Gasteiger partial charge in [0.25, 0.3) is 10.0 Å². The fraction of sp³-hybridized carbons (Fsp3) is 0.250. The number of hydrogen-bond donors (Lipinski definition) is 0. The Balaban J connectivity index is 2.60. The lowest BCUT2D eigenvalue weighted by atomic mass is 10.4. The topological polar surface area (TPSA) is 55.7 Å². The summed E-state index contributed by atoms with van der Waals surface area (Å²) in [7, 11) is -4.89. The number of halogens is 2. The lowest BCUT2D eigenvalue weighted by molar-refractivity contribution is 0.137. The summed E-state index contributed by atoms with van der Waals surface area (Å²) in [6.07, 6.45) is 0. The van der Waals surface area contributed by atoms with Gasteiger partial charge < -0.3 is 4.74 Å². The highest BCUT2D eigenvalue weighted by Gasteiger charge is 2.22. The molecule has 8 heteroatoms. The first-order valence-electron chi connectivity index (χ1n) is 7.18. The molecule has 24 heavy (non-hydrogen) atoms. The first kappa shape index (κ1) is 19.6. The van der Waals surface area contributed by atoms with Crippen LogP contribution < -0.4 is 0 Å². The SMILES string of the molecule is CCOC(CCl)S(=NS(=O)(=O)c1ccccc1)c1ccccc1Br. The number of alkyl halides is 1. The van der Waals surface area contributed by atoms with Gasteiger partial charge in [-0.2, -0.15) is 8.42 Å². The first-order chi connectivity index (χ1) is 11.5. The van der Waals surface area contributed by atoms with Gasteiger partial charge in [0.2, 0.25) is 0 Å². The number of ether oxygens (including phenoxy) is 1. The van der Waals surface area contributed by atoms with Crippen molar-refractivity contribution >= 4 is 48.2 Å². The van der Waals surface area contributed by atoms with Gasteiger partial charge >= 0.3 is 0 Å². The van der Waals surface area contributed by atoms with Gasteiger partial charge in [-0.1, -0.05) is 30.3 Å². The molecule has 0 aliphatic heterocycles. The zero-order valence-corrected chi connectivity index (χ0v) is 16.9. The molecule has 2 aromatic carbocycles. The van der Waals surface area contributed by atoms with Crippen molar-refractivity contribution in [3.05, 3.63) is 59.1 Å². The summed E-state index contributed by atoms with van der Waals surface area (Å²) in [5.74, 6) is 0.145. The van der Waals surface area contributed by atoms with Crippen LogP contribution in [0.5, 0.6) is 0 Å². The van der Waals surface area contributed by atoms with Crippen molar-refractivity contribution < 1.29 is 13.2 Å². The first-order valence-corrected chi connectivity index (χ1v) is 11.2. The fourth-order valence-electron chi connectivity index (χ4n) is 1.94. The Bertz CT molecular complexity index is 813. The maximum atomic E-state index is 12.7. The fourth-order valence-corrected chi connectivity index (χ4v) is 6.72.